The number of hydrogen-bond acceptors (Lipinski definition) is 5. The van der Waals surface area contributed by atoms with Crippen molar-refractivity contribution in [2.45, 2.75) is 33.1 Å². The van der Waals surface area contributed by atoms with Gasteiger partial charge in [0.15, 0.2) is 5.75 Å². The van der Waals surface area contributed by atoms with E-state index in [9.17, 15) is 9.59 Å². The van der Waals surface area contributed by atoms with E-state index < -0.39 is 18.6 Å². The van der Waals surface area contributed by atoms with Crippen LogP contribution < -0.4 is 14.4 Å². The quantitative estimate of drug-likeness (QED) is 0.459. The number of carbonyl (C=O) groups excluding carboxylic acids is 1. The molecule has 1 unspecified atom stereocenters. The van der Waals surface area contributed by atoms with E-state index in [1.165, 1.54) is 12.1 Å². The Bertz CT molecular complexity index is 927. The van der Waals surface area contributed by atoms with Gasteiger partial charge in [0.05, 0.1) is 29.4 Å². The molecule has 168 valence electrons. The van der Waals surface area contributed by atoms with E-state index in [2.05, 4.69) is 13.8 Å². The average molecular weight is 470 g/mol. The second-order valence-corrected chi connectivity index (χ2v) is 7.55. The Balaban J connectivity index is 2.40. The molecule has 7 nitrogen and oxygen atoms in total. The first-order valence-electron chi connectivity index (χ1n) is 9.72. The van der Waals surface area contributed by atoms with Crippen molar-refractivity contribution < 1.29 is 28.9 Å². The fourth-order valence-electron chi connectivity index (χ4n) is 2.90. The zero-order chi connectivity index (χ0) is 23.1. The Hall–Kier alpha value is -2.64. The van der Waals surface area contributed by atoms with Gasteiger partial charge in [0.25, 0.3) is 0 Å². The van der Waals surface area contributed by atoms with Gasteiger partial charge in [-0.2, -0.15) is 0 Å². The predicted molar refractivity (Wildman–Crippen MR) is 120 cm³/mol. The molecule has 0 aromatic heterocycles. The van der Waals surface area contributed by atoms with Crippen molar-refractivity contribution in [3.63, 3.8) is 0 Å². The maximum Gasteiger partial charge on any atom is 0.414 e. The molecule has 0 heterocycles. The largest absolute Gasteiger partial charge is 0.496 e. The Morgan fingerprint density at radius 3 is 2.29 bits per heavy atom. The minimum atomic E-state index is -1.21. The first-order valence-corrected chi connectivity index (χ1v) is 10.5. The minimum absolute atomic E-state index is 0.0909. The van der Waals surface area contributed by atoms with Crippen LogP contribution in [0.5, 0.6) is 17.2 Å². The molecule has 2 rings (SSSR count). The summed E-state index contributed by atoms with van der Waals surface area (Å²) in [5.74, 6) is 0.498. The number of amides is 1. The molecule has 1 N–H and O–H groups in total. The third-order valence-electron chi connectivity index (χ3n) is 4.64. The highest BCUT2D eigenvalue weighted by atomic mass is 35.5. The first kappa shape index (κ1) is 24.6. The lowest BCUT2D eigenvalue weighted by atomic mass is 9.97. The van der Waals surface area contributed by atoms with Crippen molar-refractivity contribution >= 4 is 41.0 Å². The number of nitrogens with zero attached hydrogens (tertiary/aromatic N) is 1. The summed E-state index contributed by atoms with van der Waals surface area (Å²) in [6, 6.07) is 8.22. The molecule has 2 aromatic rings. The molecular formula is C22H25Cl2NO6. The number of benzene rings is 2. The van der Waals surface area contributed by atoms with Gasteiger partial charge in [-0.3, -0.25) is 9.69 Å². The summed E-state index contributed by atoms with van der Waals surface area (Å²) in [6.45, 7) is 5.27. The zero-order valence-electron chi connectivity index (χ0n) is 17.8. The van der Waals surface area contributed by atoms with Crippen LogP contribution in [-0.2, 0) is 9.53 Å². The highest BCUT2D eigenvalue weighted by Crippen LogP contribution is 2.41. The summed E-state index contributed by atoms with van der Waals surface area (Å²) in [5, 5.41) is 9.36. The molecule has 9 heteroatoms. The zero-order valence-corrected chi connectivity index (χ0v) is 19.3. The topological polar surface area (TPSA) is 85.3 Å². The third kappa shape index (κ3) is 6.18. The maximum absolute atomic E-state index is 12.2. The summed E-state index contributed by atoms with van der Waals surface area (Å²) in [6.07, 6.45) is 0.0996. The number of carboxylic acids is 1. The molecule has 0 saturated carbocycles. The molecule has 0 aliphatic rings. The Morgan fingerprint density at radius 2 is 1.77 bits per heavy atom. The lowest BCUT2D eigenvalue weighted by molar-refractivity contribution is -0.135. The van der Waals surface area contributed by atoms with Crippen molar-refractivity contribution in [2.24, 2.45) is 0 Å². The molecular weight excluding hydrogens is 445 g/mol. The molecule has 0 fully saturated rings. The lowest BCUT2D eigenvalue weighted by Gasteiger charge is -2.21. The van der Waals surface area contributed by atoms with Gasteiger partial charge >= 0.3 is 12.1 Å². The van der Waals surface area contributed by atoms with Crippen LogP contribution in [0, 0.1) is 0 Å². The van der Waals surface area contributed by atoms with Gasteiger partial charge < -0.3 is 19.3 Å². The van der Waals surface area contributed by atoms with Gasteiger partial charge in [-0.05, 0) is 49.6 Å². The van der Waals surface area contributed by atoms with E-state index in [1.807, 2.05) is 12.1 Å². The number of halogens is 2. The van der Waals surface area contributed by atoms with E-state index in [-0.39, 0.29) is 34.0 Å². The standard InChI is InChI=1S/C22H25Cl2NO6/c1-5-13(3)16-11-15(7-8-19(16)29-4)31-21-17(23)9-14(10-18(21)24)25(12-20(26)27)22(28)30-6-2/h7-11,13H,5-6,12H2,1-4H3,(H,26,27). The third-order valence-corrected chi connectivity index (χ3v) is 5.20. The molecule has 0 radical (unpaired) electrons. The number of methoxy groups -OCH3 is 1. The fourth-order valence-corrected chi connectivity index (χ4v) is 3.45. The normalized spacial score (nSPS) is 11.5. The monoisotopic (exact) mass is 469 g/mol. The van der Waals surface area contributed by atoms with Crippen LogP contribution in [0.4, 0.5) is 10.5 Å². The number of rotatable bonds is 9. The van der Waals surface area contributed by atoms with Gasteiger partial charge in [0.2, 0.25) is 0 Å². The summed E-state index contributed by atoms with van der Waals surface area (Å²) in [7, 11) is 1.61. The SMILES string of the molecule is CCOC(=O)N(CC(=O)O)c1cc(Cl)c(Oc2ccc(OC)c(C(C)CC)c2)c(Cl)c1. The molecule has 0 aliphatic carbocycles. The van der Waals surface area contributed by atoms with Crippen LogP contribution in [0.1, 0.15) is 38.7 Å². The molecule has 2 aromatic carbocycles. The molecule has 0 spiro atoms. The van der Waals surface area contributed by atoms with Crippen LogP contribution in [-0.4, -0.2) is 37.4 Å². The Morgan fingerprint density at radius 1 is 1.13 bits per heavy atom. The van der Waals surface area contributed by atoms with Crippen LogP contribution in [0.15, 0.2) is 30.3 Å². The van der Waals surface area contributed by atoms with Gasteiger partial charge in [0.1, 0.15) is 18.0 Å². The Kier molecular flexibility index (Phi) is 8.83. The number of ether oxygens (including phenoxy) is 3. The second-order valence-electron chi connectivity index (χ2n) is 6.73. The summed E-state index contributed by atoms with van der Waals surface area (Å²) >= 11 is 12.7. The van der Waals surface area contributed by atoms with Crippen LogP contribution in [0.2, 0.25) is 10.0 Å². The second kappa shape index (κ2) is 11.1. The predicted octanol–water partition coefficient (Wildman–Crippen LogP) is 6.36. The summed E-state index contributed by atoms with van der Waals surface area (Å²) in [4.78, 5) is 24.3. The lowest BCUT2D eigenvalue weighted by Crippen LogP contribution is -2.36. The van der Waals surface area contributed by atoms with Gasteiger partial charge in [0, 0.05) is 5.56 Å². The minimum Gasteiger partial charge on any atom is -0.496 e. The summed E-state index contributed by atoms with van der Waals surface area (Å²) < 4.78 is 16.3. The summed E-state index contributed by atoms with van der Waals surface area (Å²) in [5.41, 5.74) is 1.17. The molecule has 1 amide bonds. The fraction of sp³-hybridized carbons (Fsp3) is 0.364. The molecule has 0 saturated heterocycles. The molecule has 31 heavy (non-hydrogen) atoms. The van der Waals surface area contributed by atoms with Gasteiger partial charge in [-0.15, -0.1) is 0 Å². The molecule has 1 atom stereocenters. The van der Waals surface area contributed by atoms with Crippen molar-refractivity contribution in [3.05, 3.63) is 45.9 Å². The van der Waals surface area contributed by atoms with E-state index >= 15 is 0 Å². The van der Waals surface area contributed by atoms with E-state index in [4.69, 9.17) is 42.5 Å². The average Bonchev–Trinajstić information content (AvgIpc) is 2.73. The number of anilines is 1. The Labute approximate surface area is 191 Å². The van der Waals surface area contributed by atoms with Gasteiger partial charge in [-0.1, -0.05) is 37.0 Å². The van der Waals surface area contributed by atoms with Crippen LogP contribution in [0.25, 0.3) is 0 Å². The van der Waals surface area contributed by atoms with Crippen LogP contribution >= 0.6 is 23.2 Å². The van der Waals surface area contributed by atoms with E-state index in [0.29, 0.717) is 5.75 Å². The molecule has 0 bridgehead atoms. The smallest absolute Gasteiger partial charge is 0.414 e. The highest BCUT2D eigenvalue weighted by Gasteiger charge is 2.23. The van der Waals surface area contributed by atoms with Crippen LogP contribution in [0.3, 0.4) is 0 Å². The number of hydrogen-bond donors (Lipinski definition) is 1. The van der Waals surface area contributed by atoms with Crippen molar-refractivity contribution in [1.29, 1.82) is 0 Å². The maximum atomic E-state index is 12.2. The van der Waals surface area contributed by atoms with E-state index in [0.717, 1.165) is 22.6 Å². The van der Waals surface area contributed by atoms with E-state index in [1.54, 1.807) is 20.1 Å². The van der Waals surface area contributed by atoms with Crippen molar-refractivity contribution in [3.8, 4) is 17.2 Å². The van der Waals surface area contributed by atoms with Crippen molar-refractivity contribution in [2.75, 3.05) is 25.2 Å². The number of carbonyl (C=O) groups is 2. The van der Waals surface area contributed by atoms with Crippen molar-refractivity contribution in [1.82, 2.24) is 0 Å². The number of aliphatic carboxylic acids is 1. The number of carboxylic acid groups (broad SMARTS) is 1. The first-order chi connectivity index (χ1) is 14.7. The van der Waals surface area contributed by atoms with Gasteiger partial charge in [-0.25, -0.2) is 4.79 Å². The molecule has 0 aliphatic heterocycles. The highest BCUT2D eigenvalue weighted by molar-refractivity contribution is 6.37.